The van der Waals surface area contributed by atoms with E-state index in [4.69, 9.17) is 4.74 Å². The van der Waals surface area contributed by atoms with Gasteiger partial charge in [-0.15, -0.1) is 0 Å². The number of esters is 1. The van der Waals surface area contributed by atoms with Crippen molar-refractivity contribution in [1.82, 2.24) is 0 Å². The van der Waals surface area contributed by atoms with Crippen LogP contribution in [0.1, 0.15) is 90.2 Å². The Hall–Kier alpha value is -1.31. The molecular formula is C23H38O2. The number of carbonyl (C=O) groups excluding carboxylic acids is 1. The first kappa shape index (κ1) is 21.7. The molecule has 0 atom stereocenters. The molecule has 2 heteroatoms. The van der Waals surface area contributed by atoms with Crippen LogP contribution in [0.25, 0.3) is 0 Å². The Balaban J connectivity index is 0.000000299. The summed E-state index contributed by atoms with van der Waals surface area (Å²) < 4.78 is 4.81. The molecule has 0 N–H and O–H groups in total. The summed E-state index contributed by atoms with van der Waals surface area (Å²) in [4.78, 5) is 10.5. The maximum absolute atomic E-state index is 10.5. The van der Waals surface area contributed by atoms with Crippen LogP contribution < -0.4 is 0 Å². The van der Waals surface area contributed by atoms with Gasteiger partial charge in [-0.3, -0.25) is 4.79 Å². The van der Waals surface area contributed by atoms with E-state index < -0.39 is 0 Å². The second-order valence-electron chi connectivity index (χ2n) is 8.03. The summed E-state index contributed by atoms with van der Waals surface area (Å²) >= 11 is 0. The monoisotopic (exact) mass is 346 g/mol. The SMILES string of the molecule is CC(C)c1ccc(CC2CCCCC2)cc1.CCC(=O)OCC(C)C. The highest BCUT2D eigenvalue weighted by Crippen LogP contribution is 2.27. The minimum Gasteiger partial charge on any atom is -0.465 e. The Labute approximate surface area is 155 Å². The summed E-state index contributed by atoms with van der Waals surface area (Å²) in [6.07, 6.45) is 9.05. The van der Waals surface area contributed by atoms with Crippen molar-refractivity contribution >= 4 is 5.97 Å². The summed E-state index contributed by atoms with van der Waals surface area (Å²) in [6, 6.07) is 9.29. The first-order valence-corrected chi connectivity index (χ1v) is 10.2. The quantitative estimate of drug-likeness (QED) is 0.547. The second kappa shape index (κ2) is 12.1. The summed E-state index contributed by atoms with van der Waals surface area (Å²) in [5.74, 6) is 1.95. The third-order valence-electron chi connectivity index (χ3n) is 4.76. The Kier molecular flexibility index (Phi) is 10.5. The van der Waals surface area contributed by atoms with Crippen molar-refractivity contribution in [2.75, 3.05) is 6.61 Å². The lowest BCUT2D eigenvalue weighted by Gasteiger charge is -2.21. The van der Waals surface area contributed by atoms with Gasteiger partial charge in [-0.2, -0.15) is 0 Å². The average molecular weight is 347 g/mol. The largest absolute Gasteiger partial charge is 0.465 e. The highest BCUT2D eigenvalue weighted by atomic mass is 16.5. The van der Waals surface area contributed by atoms with Crippen molar-refractivity contribution in [3.8, 4) is 0 Å². The van der Waals surface area contributed by atoms with Gasteiger partial charge >= 0.3 is 5.97 Å². The summed E-state index contributed by atoms with van der Waals surface area (Å²) in [7, 11) is 0. The van der Waals surface area contributed by atoms with E-state index in [9.17, 15) is 4.79 Å². The van der Waals surface area contributed by atoms with E-state index in [-0.39, 0.29) is 5.97 Å². The lowest BCUT2D eigenvalue weighted by molar-refractivity contribution is -0.144. The molecular weight excluding hydrogens is 308 g/mol. The maximum Gasteiger partial charge on any atom is 0.305 e. The fraction of sp³-hybridized carbons (Fsp3) is 0.696. The number of hydrogen-bond donors (Lipinski definition) is 0. The summed E-state index contributed by atoms with van der Waals surface area (Å²) in [5.41, 5.74) is 3.00. The molecule has 142 valence electrons. The molecule has 0 radical (unpaired) electrons. The lowest BCUT2D eigenvalue weighted by atomic mass is 9.84. The number of benzene rings is 1. The van der Waals surface area contributed by atoms with Crippen molar-refractivity contribution in [3.05, 3.63) is 35.4 Å². The summed E-state index contributed by atoms with van der Waals surface area (Å²) in [5, 5.41) is 0. The van der Waals surface area contributed by atoms with Gasteiger partial charge in [0.1, 0.15) is 0 Å². The van der Waals surface area contributed by atoms with Crippen molar-refractivity contribution in [3.63, 3.8) is 0 Å². The Morgan fingerprint density at radius 3 is 2.12 bits per heavy atom. The normalized spacial score (nSPS) is 15.0. The van der Waals surface area contributed by atoms with Crippen LogP contribution in [-0.2, 0) is 16.0 Å². The number of carbonyl (C=O) groups is 1. The molecule has 2 rings (SSSR count). The van der Waals surface area contributed by atoms with Gasteiger partial charge in [0.15, 0.2) is 0 Å². The molecule has 1 aromatic rings. The molecule has 0 heterocycles. The predicted molar refractivity (Wildman–Crippen MR) is 107 cm³/mol. The predicted octanol–water partition coefficient (Wildman–Crippen LogP) is 6.53. The zero-order valence-electron chi connectivity index (χ0n) is 17.0. The van der Waals surface area contributed by atoms with E-state index in [1.807, 2.05) is 13.8 Å². The topological polar surface area (TPSA) is 26.3 Å². The molecule has 1 fully saturated rings. The van der Waals surface area contributed by atoms with Gasteiger partial charge in [-0.25, -0.2) is 0 Å². The highest BCUT2D eigenvalue weighted by molar-refractivity contribution is 5.68. The van der Waals surface area contributed by atoms with Crippen LogP contribution in [0, 0.1) is 11.8 Å². The van der Waals surface area contributed by atoms with Gasteiger partial charge in [0, 0.05) is 6.42 Å². The van der Waals surface area contributed by atoms with E-state index in [0.29, 0.717) is 24.9 Å². The van der Waals surface area contributed by atoms with E-state index in [1.165, 1.54) is 49.7 Å². The minimum absolute atomic E-state index is 0.108. The van der Waals surface area contributed by atoms with Crippen LogP contribution >= 0.6 is 0 Å². The van der Waals surface area contributed by atoms with Gasteiger partial charge in [-0.05, 0) is 35.3 Å². The molecule has 1 aliphatic rings. The smallest absolute Gasteiger partial charge is 0.305 e. The van der Waals surface area contributed by atoms with Crippen molar-refractivity contribution < 1.29 is 9.53 Å². The molecule has 1 aliphatic carbocycles. The second-order valence-corrected chi connectivity index (χ2v) is 8.03. The first-order chi connectivity index (χ1) is 11.9. The fourth-order valence-corrected chi connectivity index (χ4v) is 3.12. The third-order valence-corrected chi connectivity index (χ3v) is 4.76. The molecule has 1 aromatic carbocycles. The number of ether oxygens (including phenoxy) is 1. The minimum atomic E-state index is -0.108. The van der Waals surface area contributed by atoms with E-state index in [1.54, 1.807) is 6.92 Å². The summed E-state index contributed by atoms with van der Waals surface area (Å²) in [6.45, 7) is 10.9. The Bertz CT molecular complexity index is 467. The first-order valence-electron chi connectivity index (χ1n) is 10.2. The zero-order valence-corrected chi connectivity index (χ0v) is 17.0. The molecule has 0 saturated heterocycles. The molecule has 0 amide bonds. The van der Waals surface area contributed by atoms with Gasteiger partial charge in [0.2, 0.25) is 0 Å². The van der Waals surface area contributed by atoms with Crippen molar-refractivity contribution in [2.45, 2.75) is 85.5 Å². The maximum atomic E-state index is 10.5. The molecule has 0 bridgehead atoms. The van der Waals surface area contributed by atoms with Crippen LogP contribution in [0.5, 0.6) is 0 Å². The van der Waals surface area contributed by atoms with E-state index >= 15 is 0 Å². The fourth-order valence-electron chi connectivity index (χ4n) is 3.12. The van der Waals surface area contributed by atoms with Crippen molar-refractivity contribution in [1.29, 1.82) is 0 Å². The molecule has 0 unspecified atom stereocenters. The molecule has 25 heavy (non-hydrogen) atoms. The molecule has 1 saturated carbocycles. The van der Waals surface area contributed by atoms with Crippen LogP contribution in [0.15, 0.2) is 24.3 Å². The Morgan fingerprint density at radius 2 is 1.64 bits per heavy atom. The lowest BCUT2D eigenvalue weighted by Crippen LogP contribution is -2.09. The average Bonchev–Trinajstić information content (AvgIpc) is 2.61. The zero-order chi connectivity index (χ0) is 18.7. The van der Waals surface area contributed by atoms with Gasteiger partial charge in [0.25, 0.3) is 0 Å². The Morgan fingerprint density at radius 1 is 1.04 bits per heavy atom. The van der Waals surface area contributed by atoms with E-state index in [0.717, 1.165) is 5.92 Å². The van der Waals surface area contributed by atoms with Crippen LogP contribution in [0.4, 0.5) is 0 Å². The molecule has 0 aliphatic heterocycles. The molecule has 2 nitrogen and oxygen atoms in total. The number of rotatable bonds is 6. The van der Waals surface area contributed by atoms with E-state index in [2.05, 4.69) is 38.1 Å². The van der Waals surface area contributed by atoms with Gasteiger partial charge in [-0.1, -0.05) is 91.0 Å². The standard InChI is InChI=1S/C16H24.C7H14O2/c1-13(2)16-10-8-15(9-11-16)12-14-6-4-3-5-7-14;1-4-7(8)9-5-6(2)3/h8-11,13-14H,3-7,12H2,1-2H3;6H,4-5H2,1-3H3. The van der Waals surface area contributed by atoms with Crippen molar-refractivity contribution in [2.24, 2.45) is 11.8 Å². The highest BCUT2D eigenvalue weighted by Gasteiger charge is 2.13. The van der Waals surface area contributed by atoms with Crippen LogP contribution in [-0.4, -0.2) is 12.6 Å². The number of hydrogen-bond acceptors (Lipinski definition) is 2. The molecule has 0 aromatic heterocycles. The van der Waals surface area contributed by atoms with Crippen LogP contribution in [0.3, 0.4) is 0 Å². The van der Waals surface area contributed by atoms with Gasteiger partial charge in [0.05, 0.1) is 6.61 Å². The van der Waals surface area contributed by atoms with Gasteiger partial charge < -0.3 is 4.74 Å². The third kappa shape index (κ3) is 9.67. The molecule has 0 spiro atoms. The van der Waals surface area contributed by atoms with Crippen LogP contribution in [0.2, 0.25) is 0 Å².